The Morgan fingerprint density at radius 1 is 0.900 bits per heavy atom. The van der Waals surface area contributed by atoms with Crippen LogP contribution >= 0.6 is 0 Å². The molecule has 3 atom stereocenters. The number of nitriles is 1. The molecule has 0 aliphatic heterocycles. The lowest BCUT2D eigenvalue weighted by atomic mass is 10.0. The lowest BCUT2D eigenvalue weighted by Crippen LogP contribution is -2.51. The Labute approximate surface area is 179 Å². The molecule has 0 saturated heterocycles. The lowest BCUT2D eigenvalue weighted by molar-refractivity contribution is -0.122. The second-order valence-electron chi connectivity index (χ2n) is 6.88. The van der Waals surface area contributed by atoms with Gasteiger partial charge in [0, 0.05) is 13.1 Å². The number of benzene rings is 2. The van der Waals surface area contributed by atoms with Gasteiger partial charge in [0.05, 0.1) is 25.9 Å². The summed E-state index contributed by atoms with van der Waals surface area (Å²) >= 11 is 0. The quantitative estimate of drug-likeness (QED) is 0.485. The zero-order valence-corrected chi connectivity index (χ0v) is 17.3. The van der Waals surface area contributed by atoms with Crippen LogP contribution in [0.2, 0.25) is 0 Å². The Morgan fingerprint density at radius 2 is 1.40 bits per heavy atom. The Hall–Kier alpha value is -2.75. The van der Waals surface area contributed by atoms with E-state index in [-0.39, 0.29) is 6.61 Å². The summed E-state index contributed by atoms with van der Waals surface area (Å²) < 4.78 is 12.2. The Kier molecular flexibility index (Phi) is 10.6. The third-order valence-corrected chi connectivity index (χ3v) is 4.70. The summed E-state index contributed by atoms with van der Waals surface area (Å²) in [6.07, 6.45) is 2.14. The maximum absolute atomic E-state index is 10.1. The van der Waals surface area contributed by atoms with Crippen molar-refractivity contribution < 1.29 is 14.6 Å². The third kappa shape index (κ3) is 7.25. The number of aliphatic hydroxyl groups is 1. The van der Waals surface area contributed by atoms with Gasteiger partial charge in [-0.1, -0.05) is 72.8 Å². The highest BCUT2D eigenvalue weighted by Crippen LogP contribution is 2.18. The second kappa shape index (κ2) is 13.5. The highest BCUT2D eigenvalue weighted by atomic mass is 16.5. The monoisotopic (exact) mass is 406 g/mol. The molecule has 0 aliphatic carbocycles. The van der Waals surface area contributed by atoms with Gasteiger partial charge in [-0.15, -0.1) is 13.2 Å². The fourth-order valence-corrected chi connectivity index (χ4v) is 3.19. The van der Waals surface area contributed by atoms with E-state index >= 15 is 0 Å². The van der Waals surface area contributed by atoms with E-state index in [1.165, 1.54) is 0 Å². The van der Waals surface area contributed by atoms with Crippen LogP contribution < -0.4 is 0 Å². The second-order valence-corrected chi connectivity index (χ2v) is 6.88. The third-order valence-electron chi connectivity index (χ3n) is 4.70. The fourth-order valence-electron chi connectivity index (χ4n) is 3.19. The molecular formula is C25H30N2O3. The zero-order valence-electron chi connectivity index (χ0n) is 17.3. The molecule has 0 aromatic heterocycles. The van der Waals surface area contributed by atoms with Crippen LogP contribution in [0.1, 0.15) is 11.1 Å². The van der Waals surface area contributed by atoms with Crippen molar-refractivity contribution in [1.82, 2.24) is 4.90 Å². The SMILES string of the molecule is C=CCN(CC=C)C(C#N)[C@H](OCc1ccccc1)[C@H](CO)OCc1ccccc1. The first-order valence-corrected chi connectivity index (χ1v) is 10.0. The van der Waals surface area contributed by atoms with E-state index in [4.69, 9.17) is 9.47 Å². The summed E-state index contributed by atoms with van der Waals surface area (Å²) in [5.41, 5.74) is 1.97. The molecule has 1 N–H and O–H groups in total. The summed E-state index contributed by atoms with van der Waals surface area (Å²) in [6, 6.07) is 21.1. The van der Waals surface area contributed by atoms with Gasteiger partial charge in [0.15, 0.2) is 0 Å². The maximum atomic E-state index is 10.1. The first kappa shape index (κ1) is 23.5. The highest BCUT2D eigenvalue weighted by molar-refractivity contribution is 5.15. The number of hydrogen-bond donors (Lipinski definition) is 1. The molecule has 2 aromatic carbocycles. The van der Waals surface area contributed by atoms with Crippen LogP contribution in [-0.4, -0.2) is 48.0 Å². The number of aliphatic hydroxyl groups excluding tert-OH is 1. The number of ether oxygens (including phenoxy) is 2. The van der Waals surface area contributed by atoms with Gasteiger partial charge in [0.2, 0.25) is 0 Å². The molecule has 0 spiro atoms. The van der Waals surface area contributed by atoms with Gasteiger partial charge in [0.1, 0.15) is 18.2 Å². The van der Waals surface area contributed by atoms with E-state index in [1.807, 2.05) is 65.6 Å². The Morgan fingerprint density at radius 3 is 1.83 bits per heavy atom. The minimum atomic E-state index is -0.671. The topological polar surface area (TPSA) is 65.7 Å². The summed E-state index contributed by atoms with van der Waals surface area (Å²) in [5.74, 6) is 0. The predicted octanol–water partition coefficient (Wildman–Crippen LogP) is 3.72. The molecule has 0 radical (unpaired) electrons. The average molecular weight is 407 g/mol. The van der Waals surface area contributed by atoms with Crippen molar-refractivity contribution in [2.45, 2.75) is 31.5 Å². The smallest absolute Gasteiger partial charge is 0.127 e. The van der Waals surface area contributed by atoms with Gasteiger partial charge >= 0.3 is 0 Å². The zero-order chi connectivity index (χ0) is 21.6. The van der Waals surface area contributed by atoms with Gasteiger partial charge in [-0.2, -0.15) is 5.26 Å². The Balaban J connectivity index is 2.22. The molecule has 1 unspecified atom stereocenters. The van der Waals surface area contributed by atoms with Crippen molar-refractivity contribution in [3.8, 4) is 6.07 Å². The normalized spacial score (nSPS) is 13.9. The van der Waals surface area contributed by atoms with Crippen LogP contribution in [-0.2, 0) is 22.7 Å². The van der Waals surface area contributed by atoms with E-state index < -0.39 is 18.2 Å². The molecule has 0 saturated carbocycles. The van der Waals surface area contributed by atoms with Gasteiger partial charge in [0.25, 0.3) is 0 Å². The van der Waals surface area contributed by atoms with Gasteiger partial charge in [-0.25, -0.2) is 0 Å². The molecule has 0 bridgehead atoms. The molecular weight excluding hydrogens is 376 g/mol. The molecule has 0 aliphatic rings. The number of nitrogens with zero attached hydrogens (tertiary/aromatic N) is 2. The van der Waals surface area contributed by atoms with Crippen LogP contribution in [0.4, 0.5) is 0 Å². The molecule has 0 heterocycles. The van der Waals surface area contributed by atoms with E-state index in [0.717, 1.165) is 11.1 Å². The van der Waals surface area contributed by atoms with E-state index in [2.05, 4.69) is 19.2 Å². The van der Waals surface area contributed by atoms with Gasteiger partial charge < -0.3 is 14.6 Å². The average Bonchev–Trinajstić information content (AvgIpc) is 2.79. The molecule has 0 amide bonds. The molecule has 5 heteroatoms. The largest absolute Gasteiger partial charge is 0.394 e. The molecule has 0 fully saturated rings. The van der Waals surface area contributed by atoms with Crippen molar-refractivity contribution in [1.29, 1.82) is 5.26 Å². The van der Waals surface area contributed by atoms with Crippen LogP contribution in [0.3, 0.4) is 0 Å². The highest BCUT2D eigenvalue weighted by Gasteiger charge is 2.34. The number of rotatable bonds is 14. The van der Waals surface area contributed by atoms with Crippen LogP contribution in [0.25, 0.3) is 0 Å². The number of hydrogen-bond acceptors (Lipinski definition) is 5. The Bertz CT molecular complexity index is 779. The van der Waals surface area contributed by atoms with E-state index in [9.17, 15) is 10.4 Å². The van der Waals surface area contributed by atoms with E-state index in [0.29, 0.717) is 26.3 Å². The minimum absolute atomic E-state index is 0.263. The molecule has 158 valence electrons. The van der Waals surface area contributed by atoms with Crippen LogP contribution in [0.15, 0.2) is 86.0 Å². The van der Waals surface area contributed by atoms with Crippen molar-refractivity contribution in [3.05, 3.63) is 97.1 Å². The first-order valence-electron chi connectivity index (χ1n) is 10.0. The van der Waals surface area contributed by atoms with Crippen LogP contribution in [0, 0.1) is 11.3 Å². The van der Waals surface area contributed by atoms with Crippen molar-refractivity contribution in [2.24, 2.45) is 0 Å². The molecule has 2 rings (SSSR count). The van der Waals surface area contributed by atoms with Crippen molar-refractivity contribution in [2.75, 3.05) is 19.7 Å². The standard InChI is InChI=1S/C25H30N2O3/c1-3-15-27(16-4-2)23(17-26)25(30-20-22-13-9-6-10-14-22)24(18-28)29-19-21-11-7-5-8-12-21/h3-14,23-25,28H,1-2,15-16,18-20H2/t23?,24-,25-/m0/s1. The van der Waals surface area contributed by atoms with Crippen molar-refractivity contribution >= 4 is 0 Å². The summed E-state index contributed by atoms with van der Waals surface area (Å²) in [6.45, 7) is 8.92. The molecule has 2 aromatic rings. The van der Waals surface area contributed by atoms with Crippen molar-refractivity contribution in [3.63, 3.8) is 0 Å². The van der Waals surface area contributed by atoms with Gasteiger partial charge in [-0.3, -0.25) is 4.90 Å². The van der Waals surface area contributed by atoms with Crippen LogP contribution in [0.5, 0.6) is 0 Å². The molecule has 30 heavy (non-hydrogen) atoms. The predicted molar refractivity (Wildman–Crippen MR) is 118 cm³/mol. The fraction of sp³-hybridized carbons (Fsp3) is 0.320. The first-order chi connectivity index (χ1) is 14.7. The summed E-state index contributed by atoms with van der Waals surface area (Å²) in [4.78, 5) is 1.91. The summed E-state index contributed by atoms with van der Waals surface area (Å²) in [5, 5.41) is 20.1. The van der Waals surface area contributed by atoms with E-state index in [1.54, 1.807) is 12.2 Å². The summed E-state index contributed by atoms with van der Waals surface area (Å²) in [7, 11) is 0. The van der Waals surface area contributed by atoms with Gasteiger partial charge in [-0.05, 0) is 11.1 Å². The lowest BCUT2D eigenvalue weighted by Gasteiger charge is -2.35. The molecule has 5 nitrogen and oxygen atoms in total. The maximum Gasteiger partial charge on any atom is 0.127 e. The minimum Gasteiger partial charge on any atom is -0.394 e.